The highest BCUT2D eigenvalue weighted by Crippen LogP contribution is 2.17. The minimum atomic E-state index is -1.83. The van der Waals surface area contributed by atoms with Crippen LogP contribution < -0.4 is 5.73 Å². The zero-order valence-corrected chi connectivity index (χ0v) is 9.59. The van der Waals surface area contributed by atoms with Crippen LogP contribution in [0.5, 0.6) is 0 Å². The molecule has 0 aliphatic heterocycles. The van der Waals surface area contributed by atoms with Crippen LogP contribution in [-0.2, 0) is 8.85 Å². The van der Waals surface area contributed by atoms with E-state index < -0.39 is 8.56 Å². The zero-order chi connectivity index (χ0) is 9.61. The fraction of sp³-hybridized carbons (Fsp3) is 1.00. The molecule has 0 rings (SSSR count). The summed E-state index contributed by atoms with van der Waals surface area (Å²) in [5.74, 6) is 0.571. The Morgan fingerprint density at radius 3 is 2.17 bits per heavy atom. The Bertz CT molecular complexity index is 118. The maximum Gasteiger partial charge on any atom is 0.334 e. The Morgan fingerprint density at radius 1 is 1.33 bits per heavy atom. The summed E-state index contributed by atoms with van der Waals surface area (Å²) >= 11 is 0. The van der Waals surface area contributed by atoms with E-state index in [9.17, 15) is 0 Å². The first kappa shape index (κ1) is 12.1. The van der Waals surface area contributed by atoms with Crippen molar-refractivity contribution in [2.75, 3.05) is 20.8 Å². The molecule has 1 unspecified atom stereocenters. The quantitative estimate of drug-likeness (QED) is 0.644. The second kappa shape index (κ2) is 5.69. The second-order valence-corrected chi connectivity index (χ2v) is 7.01. The third-order valence-electron chi connectivity index (χ3n) is 2.36. The highest BCUT2D eigenvalue weighted by Gasteiger charge is 2.28. The summed E-state index contributed by atoms with van der Waals surface area (Å²) in [6.07, 6.45) is 1.10. The number of nitrogens with two attached hydrogens (primary N) is 1. The topological polar surface area (TPSA) is 44.5 Å². The van der Waals surface area contributed by atoms with Gasteiger partial charge in [0.1, 0.15) is 0 Å². The molecule has 1 atom stereocenters. The van der Waals surface area contributed by atoms with E-state index in [1.54, 1.807) is 14.2 Å². The van der Waals surface area contributed by atoms with Crippen LogP contribution in [0.4, 0.5) is 0 Å². The summed E-state index contributed by atoms with van der Waals surface area (Å²) in [5.41, 5.74) is 5.52. The predicted octanol–water partition coefficient (Wildman–Crippen LogP) is 1.34. The Hall–Kier alpha value is 0.0969. The first-order valence-electron chi connectivity index (χ1n) is 4.38. The Morgan fingerprint density at radius 2 is 1.83 bits per heavy atom. The van der Waals surface area contributed by atoms with Crippen LogP contribution in [-0.4, -0.2) is 29.3 Å². The van der Waals surface area contributed by atoms with Gasteiger partial charge in [0, 0.05) is 14.2 Å². The fourth-order valence-corrected chi connectivity index (χ4v) is 2.51. The van der Waals surface area contributed by atoms with Gasteiger partial charge >= 0.3 is 8.56 Å². The lowest BCUT2D eigenvalue weighted by atomic mass is 10.1. The van der Waals surface area contributed by atoms with E-state index >= 15 is 0 Å². The molecule has 0 saturated heterocycles. The predicted molar refractivity (Wildman–Crippen MR) is 53.3 cm³/mol. The smallest absolute Gasteiger partial charge is 0.334 e. The van der Waals surface area contributed by atoms with E-state index in [4.69, 9.17) is 14.6 Å². The van der Waals surface area contributed by atoms with Gasteiger partial charge in [-0.25, -0.2) is 0 Å². The number of hydrogen-bond donors (Lipinski definition) is 1. The molecule has 0 spiro atoms. The Balaban J connectivity index is 3.72. The van der Waals surface area contributed by atoms with Gasteiger partial charge in [0.2, 0.25) is 0 Å². The maximum absolute atomic E-state index is 5.52. The molecule has 12 heavy (non-hydrogen) atoms. The molecule has 4 heteroatoms. The third kappa shape index (κ3) is 4.20. The number of hydrogen-bond acceptors (Lipinski definition) is 3. The molecule has 3 nitrogen and oxygen atoms in total. The lowest BCUT2D eigenvalue weighted by Gasteiger charge is -2.23. The first-order valence-corrected chi connectivity index (χ1v) is 6.90. The van der Waals surface area contributed by atoms with E-state index in [2.05, 4.69) is 13.5 Å². The average Bonchev–Trinajstić information content (AvgIpc) is 2.13. The van der Waals surface area contributed by atoms with Crippen molar-refractivity contribution in [3.8, 4) is 0 Å². The van der Waals surface area contributed by atoms with Crippen LogP contribution in [0.2, 0.25) is 12.6 Å². The van der Waals surface area contributed by atoms with Crippen LogP contribution in [0.25, 0.3) is 0 Å². The van der Waals surface area contributed by atoms with E-state index in [1.807, 2.05) is 0 Å². The van der Waals surface area contributed by atoms with Gasteiger partial charge in [0.25, 0.3) is 0 Å². The number of rotatable bonds is 6. The van der Waals surface area contributed by atoms with Crippen LogP contribution in [0.3, 0.4) is 0 Å². The zero-order valence-electron chi connectivity index (χ0n) is 8.59. The molecule has 0 heterocycles. The monoisotopic (exact) mass is 191 g/mol. The molecular weight excluding hydrogens is 170 g/mol. The standard InChI is InChI=1S/C8H21NO2Si/c1-8(7-9)5-6-12(4,10-2)11-3/h8H,5-7,9H2,1-4H3. The van der Waals surface area contributed by atoms with Gasteiger partial charge in [-0.1, -0.05) is 6.92 Å². The molecule has 0 aromatic carbocycles. The molecule has 2 N–H and O–H groups in total. The van der Waals surface area contributed by atoms with Crippen molar-refractivity contribution in [1.82, 2.24) is 0 Å². The van der Waals surface area contributed by atoms with Crippen molar-refractivity contribution in [2.45, 2.75) is 25.9 Å². The second-order valence-electron chi connectivity index (χ2n) is 3.42. The summed E-state index contributed by atoms with van der Waals surface area (Å²) in [5, 5.41) is 0. The van der Waals surface area contributed by atoms with Crippen LogP contribution in [0.1, 0.15) is 13.3 Å². The molecule has 0 aromatic rings. The molecule has 0 amide bonds. The first-order chi connectivity index (χ1) is 5.58. The van der Waals surface area contributed by atoms with Crippen molar-refractivity contribution in [3.63, 3.8) is 0 Å². The van der Waals surface area contributed by atoms with Gasteiger partial charge in [-0.2, -0.15) is 0 Å². The van der Waals surface area contributed by atoms with E-state index in [0.29, 0.717) is 5.92 Å². The Kier molecular flexibility index (Phi) is 5.74. The van der Waals surface area contributed by atoms with Crippen molar-refractivity contribution in [2.24, 2.45) is 11.7 Å². The molecule has 74 valence electrons. The molecule has 0 aliphatic rings. The summed E-state index contributed by atoms with van der Waals surface area (Å²) in [6.45, 7) is 4.98. The molecule has 0 fully saturated rings. The molecule has 0 saturated carbocycles. The SMILES string of the molecule is CO[Si](C)(CCC(C)CN)OC. The van der Waals surface area contributed by atoms with Crippen LogP contribution >= 0.6 is 0 Å². The highest BCUT2D eigenvalue weighted by molar-refractivity contribution is 6.65. The van der Waals surface area contributed by atoms with Crippen molar-refractivity contribution in [3.05, 3.63) is 0 Å². The molecule has 0 aliphatic carbocycles. The molecule has 0 aromatic heterocycles. The van der Waals surface area contributed by atoms with E-state index in [0.717, 1.165) is 19.0 Å². The fourth-order valence-electron chi connectivity index (χ4n) is 0.914. The summed E-state index contributed by atoms with van der Waals surface area (Å²) in [7, 11) is 1.62. The van der Waals surface area contributed by atoms with Gasteiger partial charge in [-0.15, -0.1) is 0 Å². The van der Waals surface area contributed by atoms with E-state index in [1.165, 1.54) is 0 Å². The summed E-state index contributed by atoms with van der Waals surface area (Å²) in [4.78, 5) is 0. The summed E-state index contributed by atoms with van der Waals surface area (Å²) < 4.78 is 10.7. The largest absolute Gasteiger partial charge is 0.398 e. The minimum Gasteiger partial charge on any atom is -0.398 e. The molecule has 0 radical (unpaired) electrons. The van der Waals surface area contributed by atoms with E-state index in [-0.39, 0.29) is 0 Å². The lowest BCUT2D eigenvalue weighted by molar-refractivity contribution is 0.246. The van der Waals surface area contributed by atoms with Crippen LogP contribution in [0.15, 0.2) is 0 Å². The van der Waals surface area contributed by atoms with Crippen LogP contribution in [0, 0.1) is 5.92 Å². The van der Waals surface area contributed by atoms with Gasteiger partial charge < -0.3 is 14.6 Å². The van der Waals surface area contributed by atoms with Crippen molar-refractivity contribution >= 4 is 8.56 Å². The average molecular weight is 191 g/mol. The normalized spacial score (nSPS) is 14.8. The van der Waals surface area contributed by atoms with Gasteiger partial charge in [0.15, 0.2) is 0 Å². The highest BCUT2D eigenvalue weighted by atomic mass is 28.4. The third-order valence-corrected chi connectivity index (χ3v) is 5.28. The minimum absolute atomic E-state index is 0.571. The van der Waals surface area contributed by atoms with Crippen molar-refractivity contribution < 1.29 is 8.85 Å². The van der Waals surface area contributed by atoms with Gasteiger partial charge in [-0.3, -0.25) is 0 Å². The van der Waals surface area contributed by atoms with Crippen molar-refractivity contribution in [1.29, 1.82) is 0 Å². The maximum atomic E-state index is 5.52. The Labute approximate surface area is 76.5 Å². The van der Waals surface area contributed by atoms with Gasteiger partial charge in [0.05, 0.1) is 0 Å². The molecular formula is C8H21NO2Si. The lowest BCUT2D eigenvalue weighted by Crippen LogP contribution is -2.36. The molecule has 0 bridgehead atoms. The summed E-state index contributed by atoms with van der Waals surface area (Å²) in [6, 6.07) is 1.03. The van der Waals surface area contributed by atoms with Gasteiger partial charge in [-0.05, 0) is 31.5 Å².